The van der Waals surface area contributed by atoms with Gasteiger partial charge in [0.25, 0.3) is 0 Å². The van der Waals surface area contributed by atoms with Gasteiger partial charge in [0, 0.05) is 41.9 Å². The fraction of sp³-hybridized carbons (Fsp3) is 0.750. The number of hydrogen-bond donors (Lipinski definition) is 3. The molecule has 0 radical (unpaired) electrons. The van der Waals surface area contributed by atoms with Crippen molar-refractivity contribution in [2.24, 2.45) is 5.73 Å². The van der Waals surface area contributed by atoms with Crippen molar-refractivity contribution in [2.75, 3.05) is 25.9 Å². The number of carbonyl (C=O) groups excluding carboxylic acids is 2. The van der Waals surface area contributed by atoms with Gasteiger partial charge in [0.15, 0.2) is 0 Å². The molecule has 4 N–H and O–H groups in total. The van der Waals surface area contributed by atoms with Crippen LogP contribution in [0.25, 0.3) is 0 Å². The van der Waals surface area contributed by atoms with E-state index in [1.165, 1.54) is 0 Å². The van der Waals surface area contributed by atoms with Crippen LogP contribution in [0.3, 0.4) is 0 Å². The van der Waals surface area contributed by atoms with Crippen LogP contribution in [0, 0.1) is 0 Å². The fourth-order valence-electron chi connectivity index (χ4n) is 0.700. The van der Waals surface area contributed by atoms with E-state index in [0.717, 1.165) is 0 Å². The Labute approximate surface area is 91.4 Å². The first-order valence-electron chi connectivity index (χ1n) is 4.57. The highest BCUT2D eigenvalue weighted by molar-refractivity contribution is 7.84. The fourth-order valence-corrected chi connectivity index (χ4v) is 1.02. The maximum Gasteiger partial charge on any atom is 0.309 e. The highest BCUT2D eigenvalue weighted by Crippen LogP contribution is 1.89. The normalized spacial score (nSPS) is 14.1. The third-order valence-electron chi connectivity index (χ3n) is 1.75. The summed E-state index contributed by atoms with van der Waals surface area (Å²) >= 11 is 0. The van der Waals surface area contributed by atoms with Gasteiger partial charge < -0.3 is 16.4 Å². The van der Waals surface area contributed by atoms with E-state index in [1.54, 1.807) is 13.2 Å². The zero-order valence-corrected chi connectivity index (χ0v) is 9.73. The van der Waals surface area contributed by atoms with Gasteiger partial charge in [-0.1, -0.05) is 0 Å². The lowest BCUT2D eigenvalue weighted by atomic mass is 10.4. The number of rotatable bonds is 5. The summed E-state index contributed by atoms with van der Waals surface area (Å²) in [4.78, 5) is 22.1. The molecule has 2 unspecified atom stereocenters. The molecule has 6 nitrogen and oxygen atoms in total. The van der Waals surface area contributed by atoms with Gasteiger partial charge in [-0.15, -0.1) is 0 Å². The standard InChI is InChI=1S/C8H17N3O3S/c1-6(15(2)14)5-11-8(13)7(12)10-4-3-9/h6H,3-5,9H2,1-2H3,(H,10,12)(H,11,13). The minimum Gasteiger partial charge on any atom is -0.347 e. The average molecular weight is 235 g/mol. The summed E-state index contributed by atoms with van der Waals surface area (Å²) in [5.74, 6) is -1.43. The Morgan fingerprint density at radius 3 is 2.33 bits per heavy atom. The minimum absolute atomic E-state index is 0.170. The second-order valence-corrected chi connectivity index (χ2v) is 4.87. The van der Waals surface area contributed by atoms with Gasteiger partial charge in [-0.2, -0.15) is 0 Å². The lowest BCUT2D eigenvalue weighted by molar-refractivity contribution is -0.139. The predicted molar refractivity (Wildman–Crippen MR) is 58.6 cm³/mol. The lowest BCUT2D eigenvalue weighted by Crippen LogP contribution is -2.44. The Kier molecular flexibility index (Phi) is 6.89. The van der Waals surface area contributed by atoms with E-state index in [0.29, 0.717) is 0 Å². The molecule has 2 atom stereocenters. The summed E-state index contributed by atoms with van der Waals surface area (Å²) < 4.78 is 10.9. The van der Waals surface area contributed by atoms with E-state index in [4.69, 9.17) is 5.73 Å². The molecule has 0 heterocycles. The molecule has 0 aliphatic heterocycles. The zero-order valence-electron chi connectivity index (χ0n) is 8.91. The molecule has 0 aromatic rings. The zero-order chi connectivity index (χ0) is 11.8. The van der Waals surface area contributed by atoms with Gasteiger partial charge in [-0.25, -0.2) is 0 Å². The van der Waals surface area contributed by atoms with Crippen molar-refractivity contribution in [1.82, 2.24) is 10.6 Å². The maximum atomic E-state index is 11.1. The van der Waals surface area contributed by atoms with Crippen LogP contribution in [0.4, 0.5) is 0 Å². The Hall–Kier alpha value is -0.950. The van der Waals surface area contributed by atoms with Crippen LogP contribution in [-0.2, 0) is 20.4 Å². The van der Waals surface area contributed by atoms with Crippen LogP contribution in [0.5, 0.6) is 0 Å². The van der Waals surface area contributed by atoms with Gasteiger partial charge in [-0.05, 0) is 6.92 Å². The van der Waals surface area contributed by atoms with Gasteiger partial charge in [0.05, 0.1) is 0 Å². The molecule has 15 heavy (non-hydrogen) atoms. The average Bonchev–Trinajstić information content (AvgIpc) is 2.21. The van der Waals surface area contributed by atoms with Crippen LogP contribution in [0.15, 0.2) is 0 Å². The van der Waals surface area contributed by atoms with E-state index in [2.05, 4.69) is 10.6 Å². The largest absolute Gasteiger partial charge is 0.347 e. The van der Waals surface area contributed by atoms with E-state index >= 15 is 0 Å². The molecule has 0 aliphatic carbocycles. The summed E-state index contributed by atoms with van der Waals surface area (Å²) in [5, 5.41) is 4.55. The molecule has 0 fully saturated rings. The quantitative estimate of drug-likeness (QED) is 0.477. The van der Waals surface area contributed by atoms with Crippen molar-refractivity contribution in [3.05, 3.63) is 0 Å². The summed E-state index contributed by atoms with van der Waals surface area (Å²) in [7, 11) is -1.01. The van der Waals surface area contributed by atoms with Crippen LogP contribution in [0.1, 0.15) is 6.92 Å². The van der Waals surface area contributed by atoms with Gasteiger partial charge in [0.1, 0.15) is 0 Å². The van der Waals surface area contributed by atoms with Crippen molar-refractivity contribution < 1.29 is 13.8 Å². The minimum atomic E-state index is -1.01. The first-order chi connectivity index (χ1) is 6.99. The maximum absolute atomic E-state index is 11.1. The first kappa shape index (κ1) is 14.1. The Morgan fingerprint density at radius 1 is 1.33 bits per heavy atom. The van der Waals surface area contributed by atoms with Crippen molar-refractivity contribution in [3.63, 3.8) is 0 Å². The van der Waals surface area contributed by atoms with Crippen LogP contribution in [-0.4, -0.2) is 47.2 Å². The topological polar surface area (TPSA) is 101 Å². The number of nitrogens with one attached hydrogen (secondary N) is 2. The Bertz CT molecular complexity index is 258. The number of carbonyl (C=O) groups is 2. The SMILES string of the molecule is CC(CNC(=O)C(=O)NCCN)S(C)=O. The highest BCUT2D eigenvalue weighted by atomic mass is 32.2. The van der Waals surface area contributed by atoms with E-state index in [1.807, 2.05) is 0 Å². The second-order valence-electron chi connectivity index (χ2n) is 3.06. The number of nitrogens with two attached hydrogens (primary N) is 1. The molecule has 0 aromatic heterocycles. The molecule has 0 saturated heterocycles. The van der Waals surface area contributed by atoms with Gasteiger partial charge in [0.2, 0.25) is 0 Å². The molecule has 0 aromatic carbocycles. The van der Waals surface area contributed by atoms with E-state index < -0.39 is 22.6 Å². The first-order valence-corrected chi connectivity index (χ1v) is 6.19. The summed E-state index contributed by atoms with van der Waals surface area (Å²) in [5.41, 5.74) is 5.15. The Morgan fingerprint density at radius 2 is 1.87 bits per heavy atom. The molecule has 2 amide bonds. The molecule has 0 aliphatic rings. The highest BCUT2D eigenvalue weighted by Gasteiger charge is 2.14. The van der Waals surface area contributed by atoms with Crippen molar-refractivity contribution in [3.8, 4) is 0 Å². The van der Waals surface area contributed by atoms with Crippen LogP contribution >= 0.6 is 0 Å². The number of hydrogen-bond acceptors (Lipinski definition) is 4. The van der Waals surface area contributed by atoms with Crippen LogP contribution < -0.4 is 16.4 Å². The third kappa shape index (κ3) is 6.19. The monoisotopic (exact) mass is 235 g/mol. The smallest absolute Gasteiger partial charge is 0.309 e. The molecule has 7 heteroatoms. The van der Waals surface area contributed by atoms with E-state index in [-0.39, 0.29) is 24.9 Å². The van der Waals surface area contributed by atoms with Gasteiger partial charge >= 0.3 is 11.8 Å². The Balaban J connectivity index is 3.83. The van der Waals surface area contributed by atoms with Crippen LogP contribution in [0.2, 0.25) is 0 Å². The lowest BCUT2D eigenvalue weighted by Gasteiger charge is -2.09. The summed E-state index contributed by atoms with van der Waals surface area (Å²) in [6, 6.07) is 0. The molecule has 88 valence electrons. The summed E-state index contributed by atoms with van der Waals surface area (Å²) in [6.45, 7) is 2.50. The molecular formula is C8H17N3O3S. The molecule has 0 rings (SSSR count). The van der Waals surface area contributed by atoms with Gasteiger partial charge in [-0.3, -0.25) is 13.8 Å². The summed E-state index contributed by atoms with van der Waals surface area (Å²) in [6.07, 6.45) is 1.55. The van der Waals surface area contributed by atoms with Crippen molar-refractivity contribution in [2.45, 2.75) is 12.2 Å². The van der Waals surface area contributed by atoms with Crippen molar-refractivity contribution >= 4 is 22.6 Å². The molecular weight excluding hydrogens is 218 g/mol. The third-order valence-corrected chi connectivity index (χ3v) is 3.05. The molecule has 0 saturated carbocycles. The predicted octanol–water partition coefficient (Wildman–Crippen LogP) is -2.06. The molecule has 0 spiro atoms. The molecule has 0 bridgehead atoms. The van der Waals surface area contributed by atoms with E-state index in [9.17, 15) is 13.8 Å². The second kappa shape index (κ2) is 7.36. The number of amides is 2. The van der Waals surface area contributed by atoms with Crippen molar-refractivity contribution in [1.29, 1.82) is 0 Å².